The Bertz CT molecular complexity index is 70.8. The first-order chi connectivity index (χ1) is 4.81. The van der Waals surface area contributed by atoms with E-state index in [1.807, 2.05) is 0 Å². The quantitative estimate of drug-likeness (QED) is 0.477. The van der Waals surface area contributed by atoms with Crippen molar-refractivity contribution < 1.29 is 10.2 Å². The molecule has 0 aromatic heterocycles. The van der Waals surface area contributed by atoms with Gasteiger partial charge in [-0.15, -0.1) is 11.8 Å². The van der Waals surface area contributed by atoms with Gasteiger partial charge in [0.2, 0.25) is 0 Å². The molecule has 0 rings (SSSR count). The molecule has 0 fully saturated rings. The fourth-order valence-electron chi connectivity index (χ4n) is 0.383. The molecule has 62 valence electrons. The summed E-state index contributed by atoms with van der Waals surface area (Å²) in [5, 5.41) is 18.1. The van der Waals surface area contributed by atoms with Gasteiger partial charge in [-0.1, -0.05) is 6.92 Å². The molecule has 0 aliphatic heterocycles. The van der Waals surface area contributed by atoms with Crippen molar-refractivity contribution in [1.82, 2.24) is 0 Å². The molecule has 0 aromatic carbocycles. The Balaban J connectivity index is 2.89. The first kappa shape index (κ1) is 10.6. The van der Waals surface area contributed by atoms with Crippen molar-refractivity contribution >= 4 is 23.5 Å². The topological polar surface area (TPSA) is 40.5 Å². The van der Waals surface area contributed by atoms with Crippen LogP contribution in [0.1, 0.15) is 13.3 Å². The summed E-state index contributed by atoms with van der Waals surface area (Å²) in [4.78, 5) is 0. The molecule has 0 saturated carbocycles. The molecule has 0 amide bonds. The van der Waals surface area contributed by atoms with E-state index in [2.05, 4.69) is 6.92 Å². The van der Waals surface area contributed by atoms with Gasteiger partial charge in [-0.2, -0.15) is 11.8 Å². The summed E-state index contributed by atoms with van der Waals surface area (Å²) in [7, 11) is 0. The molecule has 0 bridgehead atoms. The Morgan fingerprint density at radius 2 is 2.20 bits per heavy atom. The van der Waals surface area contributed by atoms with Crippen LogP contribution in [0.15, 0.2) is 0 Å². The summed E-state index contributed by atoms with van der Waals surface area (Å²) in [6.07, 6.45) is 1.17. The van der Waals surface area contributed by atoms with Gasteiger partial charge in [0, 0.05) is 5.08 Å². The highest BCUT2D eigenvalue weighted by Gasteiger charge is 1.99. The molecule has 0 saturated heterocycles. The van der Waals surface area contributed by atoms with Crippen LogP contribution < -0.4 is 0 Å². The third-order valence-electron chi connectivity index (χ3n) is 0.848. The highest BCUT2D eigenvalue weighted by atomic mass is 32.2. The van der Waals surface area contributed by atoms with Crippen molar-refractivity contribution in [2.45, 2.75) is 18.8 Å². The van der Waals surface area contributed by atoms with Crippen LogP contribution in [0.4, 0.5) is 0 Å². The van der Waals surface area contributed by atoms with Crippen LogP contribution in [0.3, 0.4) is 0 Å². The molecule has 0 spiro atoms. The fraction of sp³-hybridized carbons (Fsp3) is 1.00. The first-order valence-corrected chi connectivity index (χ1v) is 5.49. The summed E-state index contributed by atoms with van der Waals surface area (Å²) in [6.45, 7) is 1.98. The standard InChI is InChI=1S/C6H14O2S2/c1-2-3-9-5-10-6(8)4-7/h6-8H,2-5H2,1H3. The Morgan fingerprint density at radius 1 is 1.50 bits per heavy atom. The molecule has 0 radical (unpaired) electrons. The van der Waals surface area contributed by atoms with Gasteiger partial charge >= 0.3 is 0 Å². The molecule has 0 aliphatic rings. The normalized spacial score (nSPS) is 13.5. The van der Waals surface area contributed by atoms with Gasteiger partial charge in [0.15, 0.2) is 0 Å². The van der Waals surface area contributed by atoms with Crippen LogP contribution in [-0.4, -0.2) is 33.1 Å². The van der Waals surface area contributed by atoms with E-state index >= 15 is 0 Å². The van der Waals surface area contributed by atoms with Gasteiger partial charge < -0.3 is 10.2 Å². The molecular weight excluding hydrogens is 168 g/mol. The van der Waals surface area contributed by atoms with Crippen molar-refractivity contribution in [2.75, 3.05) is 17.4 Å². The lowest BCUT2D eigenvalue weighted by Crippen LogP contribution is -2.06. The molecule has 2 nitrogen and oxygen atoms in total. The number of thioether (sulfide) groups is 2. The summed E-state index contributed by atoms with van der Waals surface area (Å²) in [5.41, 5.74) is -0.593. The van der Waals surface area contributed by atoms with Crippen molar-refractivity contribution in [3.05, 3.63) is 0 Å². The largest absolute Gasteiger partial charge is 0.393 e. The van der Waals surface area contributed by atoms with E-state index in [9.17, 15) is 0 Å². The minimum Gasteiger partial charge on any atom is -0.393 e. The number of hydrogen-bond donors (Lipinski definition) is 2. The van der Waals surface area contributed by atoms with Crippen LogP contribution in [0.2, 0.25) is 0 Å². The Morgan fingerprint density at radius 3 is 2.70 bits per heavy atom. The minimum absolute atomic E-state index is 0.142. The van der Waals surface area contributed by atoms with Crippen LogP contribution in [0.25, 0.3) is 0 Å². The van der Waals surface area contributed by atoms with Crippen molar-refractivity contribution in [3.8, 4) is 0 Å². The van der Waals surface area contributed by atoms with E-state index in [-0.39, 0.29) is 6.61 Å². The molecule has 1 atom stereocenters. The maximum atomic E-state index is 8.86. The van der Waals surface area contributed by atoms with Gasteiger partial charge in [0.05, 0.1) is 6.61 Å². The van der Waals surface area contributed by atoms with Gasteiger partial charge in [-0.3, -0.25) is 0 Å². The van der Waals surface area contributed by atoms with Crippen molar-refractivity contribution in [1.29, 1.82) is 0 Å². The molecule has 0 aromatic rings. The second-order valence-corrected chi connectivity index (χ2v) is 4.47. The maximum absolute atomic E-state index is 8.86. The lowest BCUT2D eigenvalue weighted by molar-refractivity contribution is 0.161. The molecule has 0 heterocycles. The van der Waals surface area contributed by atoms with E-state index < -0.39 is 5.44 Å². The number of hydrogen-bond acceptors (Lipinski definition) is 4. The smallest absolute Gasteiger partial charge is 0.123 e. The third kappa shape index (κ3) is 6.74. The molecule has 2 N–H and O–H groups in total. The average molecular weight is 182 g/mol. The highest BCUT2D eigenvalue weighted by Crippen LogP contribution is 2.15. The van der Waals surface area contributed by atoms with Crippen LogP contribution in [-0.2, 0) is 0 Å². The van der Waals surface area contributed by atoms with E-state index in [0.717, 1.165) is 10.8 Å². The zero-order valence-corrected chi connectivity index (χ0v) is 7.75. The SMILES string of the molecule is CCCSCSC(O)CO. The van der Waals surface area contributed by atoms with Gasteiger partial charge in [0.25, 0.3) is 0 Å². The lowest BCUT2D eigenvalue weighted by atomic mass is 10.6. The Kier molecular flexibility index (Phi) is 8.20. The van der Waals surface area contributed by atoms with Crippen molar-refractivity contribution in [3.63, 3.8) is 0 Å². The number of rotatable bonds is 6. The van der Waals surface area contributed by atoms with Crippen LogP contribution in [0, 0.1) is 0 Å². The lowest BCUT2D eigenvalue weighted by Gasteiger charge is -2.04. The highest BCUT2D eigenvalue weighted by molar-refractivity contribution is 8.16. The minimum atomic E-state index is -0.593. The summed E-state index contributed by atoms with van der Waals surface area (Å²) in [5.74, 6) is 1.13. The van der Waals surface area contributed by atoms with E-state index in [1.165, 1.54) is 18.2 Å². The molecule has 0 aliphatic carbocycles. The van der Waals surface area contributed by atoms with E-state index in [1.54, 1.807) is 11.8 Å². The average Bonchev–Trinajstić information content (AvgIpc) is 1.98. The predicted molar refractivity (Wildman–Crippen MR) is 48.3 cm³/mol. The van der Waals surface area contributed by atoms with E-state index in [0.29, 0.717) is 0 Å². The maximum Gasteiger partial charge on any atom is 0.123 e. The third-order valence-corrected chi connectivity index (χ3v) is 3.29. The predicted octanol–water partition coefficient (Wildman–Crippen LogP) is 1.13. The van der Waals surface area contributed by atoms with Crippen LogP contribution in [0.5, 0.6) is 0 Å². The first-order valence-electron chi connectivity index (χ1n) is 3.29. The summed E-state index contributed by atoms with van der Waals surface area (Å²) in [6, 6.07) is 0. The van der Waals surface area contributed by atoms with Crippen molar-refractivity contribution in [2.24, 2.45) is 0 Å². The molecular formula is C6H14O2S2. The second kappa shape index (κ2) is 7.72. The molecule has 1 unspecified atom stereocenters. The summed E-state index contributed by atoms with van der Waals surface area (Å²) >= 11 is 3.17. The van der Waals surface area contributed by atoms with Gasteiger partial charge in [-0.25, -0.2) is 0 Å². The number of aliphatic hydroxyl groups excluding tert-OH is 2. The molecule has 4 heteroatoms. The summed E-state index contributed by atoms with van der Waals surface area (Å²) < 4.78 is 0. The van der Waals surface area contributed by atoms with E-state index in [4.69, 9.17) is 10.2 Å². The second-order valence-electron chi connectivity index (χ2n) is 1.83. The molecule has 10 heavy (non-hydrogen) atoms. The zero-order valence-electron chi connectivity index (χ0n) is 6.12. The number of aliphatic hydroxyl groups is 2. The Labute approximate surface area is 70.4 Å². The van der Waals surface area contributed by atoms with Gasteiger partial charge in [0.1, 0.15) is 5.44 Å². The van der Waals surface area contributed by atoms with Crippen LogP contribution >= 0.6 is 23.5 Å². The fourth-order valence-corrected chi connectivity index (χ4v) is 2.26. The van der Waals surface area contributed by atoms with Gasteiger partial charge in [-0.05, 0) is 12.2 Å². The monoisotopic (exact) mass is 182 g/mol. The zero-order chi connectivity index (χ0) is 7.82. The Hall–Kier alpha value is 0.620.